The van der Waals surface area contributed by atoms with Crippen LogP contribution in [0, 0.1) is 5.92 Å². The fourth-order valence-electron chi connectivity index (χ4n) is 1.90. The zero-order valence-electron chi connectivity index (χ0n) is 11.3. The summed E-state index contributed by atoms with van der Waals surface area (Å²) in [6, 6.07) is 0. The summed E-state index contributed by atoms with van der Waals surface area (Å²) in [4.78, 5) is 11.6. The van der Waals surface area contributed by atoms with Gasteiger partial charge in [0, 0.05) is 25.6 Å². The first kappa shape index (κ1) is 15.4. The van der Waals surface area contributed by atoms with Crippen molar-refractivity contribution in [2.45, 2.75) is 39.0 Å². The van der Waals surface area contributed by atoms with E-state index in [9.17, 15) is 13.2 Å². The maximum atomic E-state index is 11.6. The van der Waals surface area contributed by atoms with Crippen LogP contribution in [-0.4, -0.2) is 44.5 Å². The van der Waals surface area contributed by atoms with Crippen molar-refractivity contribution < 1.29 is 13.2 Å². The molecule has 0 heterocycles. The number of carbonyl (C=O) groups is 1. The van der Waals surface area contributed by atoms with Gasteiger partial charge in [-0.2, -0.15) is 0 Å². The zero-order chi connectivity index (χ0) is 13.6. The number of amides is 1. The molecular weight excluding hydrogens is 252 g/mol. The van der Waals surface area contributed by atoms with Crippen molar-refractivity contribution in [1.29, 1.82) is 0 Å². The minimum atomic E-state index is -3.16. The largest absolute Gasteiger partial charge is 0.355 e. The van der Waals surface area contributed by atoms with Crippen LogP contribution < -0.4 is 5.32 Å². The van der Waals surface area contributed by atoms with Gasteiger partial charge in [0.15, 0.2) is 0 Å². The molecule has 1 rings (SSSR count). The smallest absolute Gasteiger partial charge is 0.223 e. The van der Waals surface area contributed by atoms with Crippen molar-refractivity contribution in [3.63, 3.8) is 0 Å². The van der Waals surface area contributed by atoms with Crippen LogP contribution in [0.25, 0.3) is 0 Å². The van der Waals surface area contributed by atoms with Gasteiger partial charge in [0.05, 0.1) is 6.26 Å². The average molecular weight is 276 g/mol. The summed E-state index contributed by atoms with van der Waals surface area (Å²) in [7, 11) is -3.16. The molecule has 0 aromatic heterocycles. The van der Waals surface area contributed by atoms with Gasteiger partial charge >= 0.3 is 0 Å². The number of nitrogens with one attached hydrogen (secondary N) is 1. The monoisotopic (exact) mass is 276 g/mol. The van der Waals surface area contributed by atoms with Crippen LogP contribution in [0.2, 0.25) is 0 Å². The SMILES string of the molecule is CCCCN(CCNC(=O)C1CCC1)S(C)(=O)=O. The molecule has 1 saturated carbocycles. The normalized spacial score (nSPS) is 16.6. The lowest BCUT2D eigenvalue weighted by Crippen LogP contribution is -2.41. The number of hydrogen-bond acceptors (Lipinski definition) is 3. The summed E-state index contributed by atoms with van der Waals surface area (Å²) in [5, 5.41) is 2.82. The Labute approximate surface area is 110 Å². The van der Waals surface area contributed by atoms with E-state index in [0.29, 0.717) is 19.6 Å². The van der Waals surface area contributed by atoms with Crippen LogP contribution in [0.3, 0.4) is 0 Å². The second-order valence-electron chi connectivity index (χ2n) is 4.93. The molecule has 6 heteroatoms. The van der Waals surface area contributed by atoms with Crippen LogP contribution >= 0.6 is 0 Å². The van der Waals surface area contributed by atoms with Gasteiger partial charge in [-0.15, -0.1) is 0 Å². The zero-order valence-corrected chi connectivity index (χ0v) is 12.1. The van der Waals surface area contributed by atoms with E-state index in [2.05, 4.69) is 5.32 Å². The molecule has 0 spiro atoms. The first-order valence-corrected chi connectivity index (χ1v) is 8.52. The highest BCUT2D eigenvalue weighted by atomic mass is 32.2. The van der Waals surface area contributed by atoms with E-state index < -0.39 is 10.0 Å². The fraction of sp³-hybridized carbons (Fsp3) is 0.917. The van der Waals surface area contributed by atoms with Gasteiger partial charge in [0.25, 0.3) is 0 Å². The molecule has 1 fully saturated rings. The van der Waals surface area contributed by atoms with Crippen LogP contribution in [0.4, 0.5) is 0 Å². The number of rotatable bonds is 8. The van der Waals surface area contributed by atoms with E-state index >= 15 is 0 Å². The van der Waals surface area contributed by atoms with Crippen molar-refractivity contribution in [3.05, 3.63) is 0 Å². The fourth-order valence-corrected chi connectivity index (χ4v) is 2.78. The molecule has 0 saturated heterocycles. The van der Waals surface area contributed by atoms with E-state index in [-0.39, 0.29) is 11.8 Å². The summed E-state index contributed by atoms with van der Waals surface area (Å²) >= 11 is 0. The Morgan fingerprint density at radius 3 is 2.44 bits per heavy atom. The van der Waals surface area contributed by atoms with Crippen molar-refractivity contribution >= 4 is 15.9 Å². The molecule has 1 amide bonds. The molecule has 106 valence electrons. The Bertz CT molecular complexity index is 364. The molecule has 18 heavy (non-hydrogen) atoms. The second kappa shape index (κ2) is 7.09. The van der Waals surface area contributed by atoms with Crippen molar-refractivity contribution in [1.82, 2.24) is 9.62 Å². The Hall–Kier alpha value is -0.620. The molecule has 1 aliphatic carbocycles. The topological polar surface area (TPSA) is 66.5 Å². The highest BCUT2D eigenvalue weighted by Crippen LogP contribution is 2.25. The molecule has 0 bridgehead atoms. The van der Waals surface area contributed by atoms with Gasteiger partial charge < -0.3 is 5.32 Å². The summed E-state index contributed by atoms with van der Waals surface area (Å²) in [5.41, 5.74) is 0. The Morgan fingerprint density at radius 2 is 2.00 bits per heavy atom. The second-order valence-corrected chi connectivity index (χ2v) is 6.92. The maximum absolute atomic E-state index is 11.6. The summed E-state index contributed by atoms with van der Waals surface area (Å²) in [5.74, 6) is 0.234. The van der Waals surface area contributed by atoms with Gasteiger partial charge in [0.1, 0.15) is 0 Å². The van der Waals surface area contributed by atoms with Crippen LogP contribution in [0.15, 0.2) is 0 Å². The van der Waals surface area contributed by atoms with E-state index in [1.54, 1.807) is 0 Å². The Morgan fingerprint density at radius 1 is 1.33 bits per heavy atom. The maximum Gasteiger partial charge on any atom is 0.223 e. The third-order valence-corrected chi connectivity index (χ3v) is 4.67. The number of sulfonamides is 1. The first-order valence-electron chi connectivity index (χ1n) is 6.68. The van der Waals surface area contributed by atoms with Crippen LogP contribution in [-0.2, 0) is 14.8 Å². The lowest BCUT2D eigenvalue weighted by Gasteiger charge is -2.25. The Balaban J connectivity index is 2.30. The lowest BCUT2D eigenvalue weighted by molar-refractivity contribution is -0.127. The van der Waals surface area contributed by atoms with Gasteiger partial charge in [-0.3, -0.25) is 4.79 Å². The predicted octanol–water partition coefficient (Wildman–Crippen LogP) is 0.964. The highest BCUT2D eigenvalue weighted by Gasteiger charge is 2.25. The summed E-state index contributed by atoms with van der Waals surface area (Å²) in [6.07, 6.45) is 6.10. The molecule has 1 N–H and O–H groups in total. The number of nitrogens with zero attached hydrogens (tertiary/aromatic N) is 1. The minimum absolute atomic E-state index is 0.0743. The first-order chi connectivity index (χ1) is 8.45. The van der Waals surface area contributed by atoms with E-state index in [0.717, 1.165) is 32.1 Å². The molecule has 0 unspecified atom stereocenters. The molecule has 0 aromatic carbocycles. The molecular formula is C12H24N2O3S. The van der Waals surface area contributed by atoms with Crippen molar-refractivity contribution in [2.24, 2.45) is 5.92 Å². The van der Waals surface area contributed by atoms with Gasteiger partial charge in [-0.1, -0.05) is 19.8 Å². The van der Waals surface area contributed by atoms with Crippen LogP contribution in [0.5, 0.6) is 0 Å². The molecule has 1 aliphatic rings. The number of carbonyl (C=O) groups excluding carboxylic acids is 1. The lowest BCUT2D eigenvalue weighted by atomic mass is 9.85. The quantitative estimate of drug-likeness (QED) is 0.718. The number of hydrogen-bond donors (Lipinski definition) is 1. The highest BCUT2D eigenvalue weighted by molar-refractivity contribution is 7.88. The van der Waals surface area contributed by atoms with Crippen LogP contribution in [0.1, 0.15) is 39.0 Å². The third-order valence-electron chi connectivity index (χ3n) is 3.37. The van der Waals surface area contributed by atoms with Crippen molar-refractivity contribution in [3.8, 4) is 0 Å². The van der Waals surface area contributed by atoms with E-state index in [1.165, 1.54) is 10.6 Å². The average Bonchev–Trinajstić information content (AvgIpc) is 2.18. The third kappa shape index (κ3) is 4.94. The van der Waals surface area contributed by atoms with E-state index in [1.807, 2.05) is 6.92 Å². The molecule has 5 nitrogen and oxygen atoms in total. The molecule has 0 radical (unpaired) electrons. The summed E-state index contributed by atoms with van der Waals surface area (Å²) in [6.45, 7) is 3.34. The molecule has 0 atom stereocenters. The molecule has 0 aliphatic heterocycles. The Kier molecular flexibility index (Phi) is 6.08. The van der Waals surface area contributed by atoms with Gasteiger partial charge in [-0.25, -0.2) is 12.7 Å². The molecule has 0 aromatic rings. The van der Waals surface area contributed by atoms with E-state index in [4.69, 9.17) is 0 Å². The summed E-state index contributed by atoms with van der Waals surface area (Å²) < 4.78 is 24.5. The van der Waals surface area contributed by atoms with Gasteiger partial charge in [-0.05, 0) is 19.3 Å². The predicted molar refractivity (Wildman–Crippen MR) is 71.7 cm³/mol. The van der Waals surface area contributed by atoms with Crippen molar-refractivity contribution in [2.75, 3.05) is 25.9 Å². The number of unbranched alkanes of at least 4 members (excludes halogenated alkanes) is 1. The standard InChI is InChI=1S/C12H24N2O3S/c1-3-4-9-14(18(2,16)17)10-8-13-12(15)11-6-5-7-11/h11H,3-10H2,1-2H3,(H,13,15). The minimum Gasteiger partial charge on any atom is -0.355 e. The van der Waals surface area contributed by atoms with Gasteiger partial charge in [0.2, 0.25) is 15.9 Å².